The van der Waals surface area contributed by atoms with E-state index in [-0.39, 0.29) is 5.12 Å². The first-order chi connectivity index (χ1) is 12.7. The Balaban J connectivity index is 1.83. The van der Waals surface area contributed by atoms with Gasteiger partial charge in [0.1, 0.15) is 11.5 Å². The van der Waals surface area contributed by atoms with Crippen LogP contribution >= 0.6 is 11.8 Å². The standard InChI is InChI=1S/C22H28O3S/c1-3-5-7-17-25-19-10-8-18(9-11-19)22(23)26-21-14-12-20(13-15-21)24-16-6-4-2/h8-15H,3-7,16-17H2,1-2H3. The molecule has 0 amide bonds. The third kappa shape index (κ3) is 7.12. The molecule has 4 heteroatoms. The fourth-order valence-corrected chi connectivity index (χ4v) is 3.07. The highest BCUT2D eigenvalue weighted by atomic mass is 32.2. The molecule has 26 heavy (non-hydrogen) atoms. The monoisotopic (exact) mass is 372 g/mol. The number of unbranched alkanes of at least 4 members (excludes halogenated alkanes) is 3. The van der Waals surface area contributed by atoms with Crippen LogP contribution in [0.2, 0.25) is 0 Å². The van der Waals surface area contributed by atoms with Crippen molar-refractivity contribution >= 4 is 16.9 Å². The molecule has 0 N–H and O–H groups in total. The molecule has 0 aliphatic heterocycles. The summed E-state index contributed by atoms with van der Waals surface area (Å²) in [6.45, 7) is 5.77. The van der Waals surface area contributed by atoms with Crippen LogP contribution in [0.15, 0.2) is 53.4 Å². The molecule has 3 nitrogen and oxygen atoms in total. The summed E-state index contributed by atoms with van der Waals surface area (Å²) >= 11 is 1.23. The topological polar surface area (TPSA) is 35.5 Å². The maximum Gasteiger partial charge on any atom is 0.224 e. The smallest absolute Gasteiger partial charge is 0.224 e. The second-order valence-electron chi connectivity index (χ2n) is 6.14. The SMILES string of the molecule is CCCCCOc1ccc(C(=O)Sc2ccc(OCCCC)cc2)cc1. The summed E-state index contributed by atoms with van der Waals surface area (Å²) in [4.78, 5) is 13.3. The molecule has 0 unspecified atom stereocenters. The lowest BCUT2D eigenvalue weighted by atomic mass is 10.2. The van der Waals surface area contributed by atoms with Crippen molar-refractivity contribution in [1.82, 2.24) is 0 Å². The molecule has 140 valence electrons. The van der Waals surface area contributed by atoms with Crippen LogP contribution in [0, 0.1) is 0 Å². The molecule has 0 aliphatic rings. The zero-order valence-electron chi connectivity index (χ0n) is 15.7. The third-order valence-electron chi connectivity index (χ3n) is 3.91. The van der Waals surface area contributed by atoms with Crippen molar-refractivity contribution in [2.75, 3.05) is 13.2 Å². The zero-order chi connectivity index (χ0) is 18.6. The highest BCUT2D eigenvalue weighted by molar-refractivity contribution is 8.14. The van der Waals surface area contributed by atoms with Crippen molar-refractivity contribution in [3.05, 3.63) is 54.1 Å². The Morgan fingerprint density at radius 1 is 0.769 bits per heavy atom. The molecule has 0 aliphatic carbocycles. The Hall–Kier alpha value is -1.94. The first-order valence-electron chi connectivity index (χ1n) is 9.40. The first kappa shape index (κ1) is 20.4. The second kappa shape index (κ2) is 11.6. The van der Waals surface area contributed by atoms with Gasteiger partial charge in [-0.1, -0.05) is 33.1 Å². The van der Waals surface area contributed by atoms with E-state index in [4.69, 9.17) is 9.47 Å². The Morgan fingerprint density at radius 2 is 1.31 bits per heavy atom. The number of rotatable bonds is 11. The van der Waals surface area contributed by atoms with E-state index in [0.717, 1.165) is 48.9 Å². The van der Waals surface area contributed by atoms with Crippen LogP contribution in [0.3, 0.4) is 0 Å². The zero-order valence-corrected chi connectivity index (χ0v) is 16.5. The highest BCUT2D eigenvalue weighted by Crippen LogP contribution is 2.26. The van der Waals surface area contributed by atoms with Gasteiger partial charge in [0.05, 0.1) is 13.2 Å². The van der Waals surface area contributed by atoms with Crippen LogP contribution in [-0.2, 0) is 0 Å². The number of carbonyl (C=O) groups excluding carboxylic acids is 1. The van der Waals surface area contributed by atoms with E-state index in [1.807, 2.05) is 48.5 Å². The Bertz CT molecular complexity index is 650. The number of carbonyl (C=O) groups is 1. The molecule has 0 atom stereocenters. The maximum atomic E-state index is 12.4. The van der Waals surface area contributed by atoms with E-state index in [0.29, 0.717) is 5.56 Å². The van der Waals surface area contributed by atoms with Gasteiger partial charge < -0.3 is 9.47 Å². The first-order valence-corrected chi connectivity index (χ1v) is 10.2. The average molecular weight is 373 g/mol. The minimum Gasteiger partial charge on any atom is -0.494 e. The van der Waals surface area contributed by atoms with Gasteiger partial charge in [-0.2, -0.15) is 0 Å². The van der Waals surface area contributed by atoms with Crippen molar-refractivity contribution < 1.29 is 14.3 Å². The van der Waals surface area contributed by atoms with Crippen molar-refractivity contribution in [3.8, 4) is 11.5 Å². The van der Waals surface area contributed by atoms with Crippen molar-refractivity contribution in [3.63, 3.8) is 0 Å². The van der Waals surface area contributed by atoms with Gasteiger partial charge in [-0.3, -0.25) is 4.79 Å². The van der Waals surface area contributed by atoms with Crippen LogP contribution in [0.1, 0.15) is 56.3 Å². The van der Waals surface area contributed by atoms with Gasteiger partial charge in [0, 0.05) is 10.5 Å². The lowest BCUT2D eigenvalue weighted by Gasteiger charge is -2.07. The fourth-order valence-electron chi connectivity index (χ4n) is 2.33. The quantitative estimate of drug-likeness (QED) is 0.339. The number of hydrogen-bond acceptors (Lipinski definition) is 4. The summed E-state index contributed by atoms with van der Waals surface area (Å²) in [6.07, 6.45) is 5.58. The molecular formula is C22H28O3S. The van der Waals surface area contributed by atoms with Gasteiger partial charge in [-0.15, -0.1) is 0 Å². The Labute approximate surface area is 161 Å². The molecule has 0 aromatic heterocycles. The lowest BCUT2D eigenvalue weighted by Crippen LogP contribution is -1.98. The van der Waals surface area contributed by atoms with Crippen LogP contribution in [0.5, 0.6) is 11.5 Å². The van der Waals surface area contributed by atoms with Gasteiger partial charge >= 0.3 is 0 Å². The van der Waals surface area contributed by atoms with Crippen LogP contribution in [0.4, 0.5) is 0 Å². The van der Waals surface area contributed by atoms with E-state index in [1.165, 1.54) is 24.6 Å². The highest BCUT2D eigenvalue weighted by Gasteiger charge is 2.09. The predicted octanol–water partition coefficient (Wildman–Crippen LogP) is 6.37. The Kier molecular flexibility index (Phi) is 9.11. The molecule has 0 radical (unpaired) electrons. The van der Waals surface area contributed by atoms with E-state index >= 15 is 0 Å². The van der Waals surface area contributed by atoms with Gasteiger partial charge in [0.15, 0.2) is 0 Å². The normalized spacial score (nSPS) is 10.5. The summed E-state index contributed by atoms with van der Waals surface area (Å²) in [5.41, 5.74) is 0.680. The molecule has 2 aromatic rings. The van der Waals surface area contributed by atoms with Crippen molar-refractivity contribution in [1.29, 1.82) is 0 Å². The molecular weight excluding hydrogens is 344 g/mol. The molecule has 0 spiro atoms. The molecule has 0 saturated heterocycles. The number of hydrogen-bond donors (Lipinski definition) is 0. The van der Waals surface area contributed by atoms with Crippen LogP contribution in [0.25, 0.3) is 0 Å². The second-order valence-corrected chi connectivity index (χ2v) is 7.19. The van der Waals surface area contributed by atoms with Crippen molar-refractivity contribution in [2.24, 2.45) is 0 Å². The number of ether oxygens (including phenoxy) is 2. The minimum absolute atomic E-state index is 0.0298. The fraction of sp³-hybridized carbons (Fsp3) is 0.409. The van der Waals surface area contributed by atoms with Crippen LogP contribution in [-0.4, -0.2) is 18.3 Å². The molecule has 0 bridgehead atoms. The molecule has 0 heterocycles. The largest absolute Gasteiger partial charge is 0.494 e. The van der Waals surface area contributed by atoms with Gasteiger partial charge in [-0.25, -0.2) is 0 Å². The molecule has 0 fully saturated rings. The van der Waals surface area contributed by atoms with Crippen LogP contribution < -0.4 is 9.47 Å². The summed E-state index contributed by atoms with van der Waals surface area (Å²) < 4.78 is 11.3. The summed E-state index contributed by atoms with van der Waals surface area (Å²) in [6, 6.07) is 15.1. The number of thioether (sulfide) groups is 1. The summed E-state index contributed by atoms with van der Waals surface area (Å²) in [7, 11) is 0. The molecule has 2 aromatic carbocycles. The van der Waals surface area contributed by atoms with Crippen molar-refractivity contribution in [2.45, 2.75) is 50.8 Å². The van der Waals surface area contributed by atoms with Gasteiger partial charge in [0.2, 0.25) is 5.12 Å². The lowest BCUT2D eigenvalue weighted by molar-refractivity contribution is 0.108. The molecule has 0 saturated carbocycles. The van der Waals surface area contributed by atoms with Gasteiger partial charge in [0.25, 0.3) is 0 Å². The summed E-state index contributed by atoms with van der Waals surface area (Å²) in [5.74, 6) is 1.66. The average Bonchev–Trinajstić information content (AvgIpc) is 2.67. The maximum absolute atomic E-state index is 12.4. The minimum atomic E-state index is 0.0298. The van der Waals surface area contributed by atoms with E-state index < -0.39 is 0 Å². The van der Waals surface area contributed by atoms with E-state index in [9.17, 15) is 4.79 Å². The third-order valence-corrected chi connectivity index (χ3v) is 4.84. The van der Waals surface area contributed by atoms with E-state index in [2.05, 4.69) is 13.8 Å². The number of benzene rings is 2. The van der Waals surface area contributed by atoms with E-state index in [1.54, 1.807) is 0 Å². The predicted molar refractivity (Wildman–Crippen MR) is 108 cm³/mol. The summed E-state index contributed by atoms with van der Waals surface area (Å²) in [5, 5.41) is 0.0298. The Morgan fingerprint density at radius 3 is 1.88 bits per heavy atom. The van der Waals surface area contributed by atoms with Gasteiger partial charge in [-0.05, 0) is 73.1 Å². The molecule has 2 rings (SSSR count).